The van der Waals surface area contributed by atoms with Crippen LogP contribution >= 0.6 is 94.1 Å². The zero-order valence-electron chi connectivity index (χ0n) is 13.0. The van der Waals surface area contributed by atoms with E-state index in [4.69, 9.17) is 10.5 Å². The van der Waals surface area contributed by atoms with E-state index in [2.05, 4.69) is 24.6 Å². The Kier molecular flexibility index (Phi) is 10.3. The molecule has 2 aliphatic heterocycles. The van der Waals surface area contributed by atoms with E-state index in [-0.39, 0.29) is 0 Å². The van der Waals surface area contributed by atoms with Gasteiger partial charge in [0.2, 0.25) is 0 Å². The van der Waals surface area contributed by atoms with E-state index >= 15 is 0 Å². The Balaban J connectivity index is 2.02. The van der Waals surface area contributed by atoms with E-state index in [1.54, 1.807) is 47.0 Å². The average Bonchev–Trinajstić information content (AvgIpc) is 3.19. The van der Waals surface area contributed by atoms with Gasteiger partial charge < -0.3 is 0 Å². The molecular formula is C14H14N2S8. The first-order chi connectivity index (χ1) is 11.7. The minimum Gasteiger partial charge on any atom is -0.198 e. The molecule has 10 heteroatoms. The largest absolute Gasteiger partial charge is 0.198 e. The lowest BCUT2D eigenvalue weighted by molar-refractivity contribution is 1.24. The summed E-state index contributed by atoms with van der Waals surface area (Å²) in [4.78, 5) is 0. The van der Waals surface area contributed by atoms with E-state index in [1.807, 2.05) is 47.0 Å². The zero-order valence-corrected chi connectivity index (χ0v) is 19.5. The van der Waals surface area contributed by atoms with Gasteiger partial charge in [-0.2, -0.15) is 10.5 Å². The van der Waals surface area contributed by atoms with Crippen molar-refractivity contribution in [2.24, 2.45) is 0 Å². The van der Waals surface area contributed by atoms with Gasteiger partial charge >= 0.3 is 0 Å². The molecule has 0 atom stereocenters. The number of thioether (sulfide) groups is 8. The predicted octanol–water partition coefficient (Wildman–Crippen LogP) is 7.35. The highest BCUT2D eigenvalue weighted by Crippen LogP contribution is 2.65. The second-order valence-corrected chi connectivity index (χ2v) is 13.5. The average molecular weight is 467 g/mol. The van der Waals surface area contributed by atoms with E-state index in [0.717, 1.165) is 11.5 Å². The van der Waals surface area contributed by atoms with Crippen LogP contribution in [0, 0.1) is 22.7 Å². The van der Waals surface area contributed by atoms with Crippen molar-refractivity contribution in [3.63, 3.8) is 0 Å². The Morgan fingerprint density at radius 3 is 1.42 bits per heavy atom. The molecule has 0 N–H and O–H groups in total. The van der Waals surface area contributed by atoms with Crippen LogP contribution in [0.15, 0.2) is 25.4 Å². The summed E-state index contributed by atoms with van der Waals surface area (Å²) in [7, 11) is 0. The molecule has 128 valence electrons. The molecule has 24 heavy (non-hydrogen) atoms. The fraction of sp³-hybridized carbons (Fsp3) is 0.429. The highest BCUT2D eigenvalue weighted by molar-refractivity contribution is 8.45. The van der Waals surface area contributed by atoms with Gasteiger partial charge in [0.15, 0.2) is 0 Å². The van der Waals surface area contributed by atoms with Crippen molar-refractivity contribution in [1.29, 1.82) is 10.5 Å². The Morgan fingerprint density at radius 1 is 0.708 bits per heavy atom. The summed E-state index contributed by atoms with van der Waals surface area (Å²) >= 11 is 14.6. The summed E-state index contributed by atoms with van der Waals surface area (Å²) < 4.78 is 8.09. The van der Waals surface area contributed by atoms with Crippen LogP contribution in [-0.2, 0) is 0 Å². The molecular weight excluding hydrogens is 453 g/mol. The summed E-state index contributed by atoms with van der Waals surface area (Å²) in [6.07, 6.45) is 5.42. The lowest BCUT2D eigenvalue weighted by Crippen LogP contribution is -1.76. The van der Waals surface area contributed by atoms with E-state index in [0.29, 0.717) is 12.8 Å². The van der Waals surface area contributed by atoms with Crippen LogP contribution < -0.4 is 0 Å². The van der Waals surface area contributed by atoms with Crippen LogP contribution in [0.5, 0.6) is 0 Å². The highest BCUT2D eigenvalue weighted by atomic mass is 32.3. The second kappa shape index (κ2) is 11.7. The molecule has 2 nitrogen and oxygen atoms in total. The van der Waals surface area contributed by atoms with Crippen LogP contribution in [-0.4, -0.2) is 24.0 Å². The number of nitrogens with zero attached hydrogens (tertiary/aromatic N) is 2. The number of hydrogen-bond acceptors (Lipinski definition) is 10. The van der Waals surface area contributed by atoms with Crippen molar-refractivity contribution in [2.75, 3.05) is 24.0 Å². The third-order valence-corrected chi connectivity index (χ3v) is 13.8. The first kappa shape index (κ1) is 21.3. The van der Waals surface area contributed by atoms with Gasteiger partial charge in [-0.05, 0) is 12.5 Å². The molecule has 0 unspecified atom stereocenters. The molecule has 0 saturated heterocycles. The van der Waals surface area contributed by atoms with Crippen LogP contribution in [0.2, 0.25) is 0 Å². The number of hydrogen-bond donors (Lipinski definition) is 0. The van der Waals surface area contributed by atoms with Gasteiger partial charge in [0.05, 0.1) is 37.6 Å². The molecule has 0 fully saturated rings. The van der Waals surface area contributed by atoms with Crippen LogP contribution in [0.1, 0.15) is 12.8 Å². The van der Waals surface area contributed by atoms with E-state index in [1.165, 1.54) is 25.4 Å². The van der Waals surface area contributed by atoms with Gasteiger partial charge in [-0.25, -0.2) is 0 Å². The molecule has 0 aromatic carbocycles. The topological polar surface area (TPSA) is 47.6 Å². The van der Waals surface area contributed by atoms with Crippen molar-refractivity contribution >= 4 is 94.1 Å². The fourth-order valence-electron chi connectivity index (χ4n) is 1.52. The van der Waals surface area contributed by atoms with E-state index < -0.39 is 0 Å². The molecule has 0 aromatic heterocycles. The van der Waals surface area contributed by atoms with Crippen molar-refractivity contribution in [3.05, 3.63) is 25.4 Å². The molecule has 0 amide bonds. The molecule has 2 rings (SSSR count). The minimum absolute atomic E-state index is 0.592. The lowest BCUT2D eigenvalue weighted by atomic mass is 10.6. The number of rotatable bonds is 8. The molecule has 0 aliphatic carbocycles. The van der Waals surface area contributed by atoms with Crippen molar-refractivity contribution in [1.82, 2.24) is 0 Å². The van der Waals surface area contributed by atoms with Gasteiger partial charge in [-0.1, -0.05) is 47.0 Å². The standard InChI is InChI=1S/C14H14N2S8/c1-17-9-11(19-7-3-5-15)23-13(21-9)14-22-10(18-2)12(24-14)20-8-4-6-16/h3-4,7-8H2,1-2H3/b14-13-. The van der Waals surface area contributed by atoms with Gasteiger partial charge in [0, 0.05) is 24.3 Å². The molecule has 2 aliphatic rings. The summed E-state index contributed by atoms with van der Waals surface area (Å²) in [5.74, 6) is 1.71. The molecule has 0 aromatic rings. The predicted molar refractivity (Wildman–Crippen MR) is 124 cm³/mol. The van der Waals surface area contributed by atoms with E-state index in [9.17, 15) is 0 Å². The van der Waals surface area contributed by atoms with Gasteiger partial charge in [0.1, 0.15) is 0 Å². The zero-order chi connectivity index (χ0) is 17.4. The smallest absolute Gasteiger partial charge is 0.0717 e. The number of nitriles is 2. The summed E-state index contributed by atoms with van der Waals surface area (Å²) in [5, 5.41) is 17.4. The summed E-state index contributed by atoms with van der Waals surface area (Å²) in [6, 6.07) is 4.43. The summed E-state index contributed by atoms with van der Waals surface area (Å²) in [6.45, 7) is 0. The van der Waals surface area contributed by atoms with Crippen LogP contribution in [0.25, 0.3) is 0 Å². The second-order valence-electron chi connectivity index (χ2n) is 4.05. The van der Waals surface area contributed by atoms with Crippen molar-refractivity contribution in [2.45, 2.75) is 12.8 Å². The monoisotopic (exact) mass is 466 g/mol. The third-order valence-electron chi connectivity index (χ3n) is 2.51. The molecule has 0 spiro atoms. The maximum atomic E-state index is 8.72. The first-order valence-electron chi connectivity index (χ1n) is 6.75. The van der Waals surface area contributed by atoms with Gasteiger partial charge in [-0.15, -0.1) is 47.0 Å². The fourth-order valence-corrected chi connectivity index (χ4v) is 12.5. The SMILES string of the molecule is CSC1=C(SCCC#N)S/C(=C2/SC(SC)=C(SCCC#N)S2)S1. The van der Waals surface area contributed by atoms with Crippen molar-refractivity contribution in [3.8, 4) is 12.1 Å². The Morgan fingerprint density at radius 2 is 1.08 bits per heavy atom. The third kappa shape index (κ3) is 6.02. The first-order valence-corrected chi connectivity index (χ1v) is 14.4. The van der Waals surface area contributed by atoms with Crippen LogP contribution in [0.4, 0.5) is 0 Å². The highest BCUT2D eigenvalue weighted by Gasteiger charge is 2.29. The van der Waals surface area contributed by atoms with Gasteiger partial charge in [-0.3, -0.25) is 0 Å². The molecule has 0 saturated carbocycles. The van der Waals surface area contributed by atoms with Crippen LogP contribution in [0.3, 0.4) is 0 Å². The Bertz CT molecular complexity index is 597. The Hall–Kier alpha value is 1.000. The maximum absolute atomic E-state index is 8.72. The summed E-state index contributed by atoms with van der Waals surface area (Å²) in [5.41, 5.74) is 0. The maximum Gasteiger partial charge on any atom is 0.0717 e. The Labute approximate surface area is 177 Å². The molecule has 0 radical (unpaired) electrons. The lowest BCUT2D eigenvalue weighted by Gasteiger charge is -2.02. The molecule has 2 heterocycles. The van der Waals surface area contributed by atoms with Gasteiger partial charge in [0.25, 0.3) is 0 Å². The minimum atomic E-state index is 0.592. The normalized spacial score (nSPS) is 20.7. The quantitative estimate of drug-likeness (QED) is 0.339. The molecule has 0 bridgehead atoms. The van der Waals surface area contributed by atoms with Crippen molar-refractivity contribution < 1.29 is 0 Å².